The summed E-state index contributed by atoms with van der Waals surface area (Å²) in [5, 5.41) is 13.4. The van der Waals surface area contributed by atoms with Crippen LogP contribution in [0.2, 0.25) is 0 Å². The molecular formula is C18H18N2O6. The van der Waals surface area contributed by atoms with E-state index in [1.54, 1.807) is 12.1 Å². The third-order valence-electron chi connectivity index (χ3n) is 3.51. The maximum atomic E-state index is 11.9. The first-order chi connectivity index (χ1) is 12.4. The van der Waals surface area contributed by atoms with E-state index < -0.39 is 23.4 Å². The fourth-order valence-electron chi connectivity index (χ4n) is 2.21. The van der Waals surface area contributed by atoms with Crippen molar-refractivity contribution in [2.24, 2.45) is 0 Å². The number of hydrogen-bond acceptors (Lipinski definition) is 6. The minimum absolute atomic E-state index is 0.103. The molecule has 0 aliphatic carbocycles. The number of carbonyl (C=O) groups is 2. The lowest BCUT2D eigenvalue weighted by atomic mass is 10.1. The Labute approximate surface area is 149 Å². The quantitative estimate of drug-likeness (QED) is 0.463. The molecule has 8 heteroatoms. The van der Waals surface area contributed by atoms with Crippen molar-refractivity contribution in [2.45, 2.75) is 13.8 Å². The first-order valence-electron chi connectivity index (χ1n) is 7.86. The highest BCUT2D eigenvalue weighted by atomic mass is 16.6. The maximum absolute atomic E-state index is 11.9. The lowest BCUT2D eigenvalue weighted by Crippen LogP contribution is -2.21. The molecule has 136 valence electrons. The Hall–Kier alpha value is -3.42. The second-order valence-electron chi connectivity index (χ2n) is 5.29. The smallest absolute Gasteiger partial charge is 0.338 e. The van der Waals surface area contributed by atoms with Gasteiger partial charge in [-0.05, 0) is 44.2 Å². The molecule has 0 saturated heterocycles. The molecule has 2 aromatic rings. The number of benzene rings is 2. The van der Waals surface area contributed by atoms with Crippen LogP contribution in [0.25, 0.3) is 0 Å². The van der Waals surface area contributed by atoms with E-state index in [1.807, 2.05) is 6.92 Å². The molecule has 1 N–H and O–H groups in total. The number of nitrogens with one attached hydrogen (secondary N) is 1. The molecule has 26 heavy (non-hydrogen) atoms. The number of ether oxygens (including phenoxy) is 2. The first kappa shape index (κ1) is 18.9. The number of rotatable bonds is 7. The molecule has 0 fully saturated rings. The highest BCUT2D eigenvalue weighted by Crippen LogP contribution is 2.24. The van der Waals surface area contributed by atoms with Crippen LogP contribution < -0.4 is 10.1 Å². The van der Waals surface area contributed by atoms with Gasteiger partial charge in [-0.2, -0.15) is 0 Å². The zero-order valence-corrected chi connectivity index (χ0v) is 14.4. The highest BCUT2D eigenvalue weighted by molar-refractivity contribution is 5.96. The zero-order chi connectivity index (χ0) is 19.1. The average Bonchev–Trinajstić information content (AvgIpc) is 2.62. The van der Waals surface area contributed by atoms with Gasteiger partial charge in [-0.3, -0.25) is 14.9 Å². The normalized spacial score (nSPS) is 10.1. The molecule has 0 aliphatic heterocycles. The summed E-state index contributed by atoms with van der Waals surface area (Å²) in [6.45, 7) is 3.39. The van der Waals surface area contributed by atoms with Gasteiger partial charge in [-0.15, -0.1) is 0 Å². The molecule has 0 aromatic heterocycles. The number of anilines is 1. The number of nitro benzene ring substituents is 1. The van der Waals surface area contributed by atoms with Gasteiger partial charge in [0, 0.05) is 6.07 Å². The molecule has 8 nitrogen and oxygen atoms in total. The molecule has 0 bridgehead atoms. The molecule has 0 radical (unpaired) electrons. The van der Waals surface area contributed by atoms with Gasteiger partial charge < -0.3 is 14.8 Å². The van der Waals surface area contributed by atoms with E-state index in [0.29, 0.717) is 23.6 Å². The Bertz CT molecular complexity index is 817. The number of esters is 1. The molecule has 0 aliphatic rings. The van der Waals surface area contributed by atoms with E-state index in [2.05, 4.69) is 5.32 Å². The Morgan fingerprint density at radius 3 is 2.46 bits per heavy atom. The van der Waals surface area contributed by atoms with Crippen molar-refractivity contribution in [1.29, 1.82) is 0 Å². The Morgan fingerprint density at radius 2 is 1.85 bits per heavy atom. The Kier molecular flexibility index (Phi) is 6.26. The molecular weight excluding hydrogens is 340 g/mol. The van der Waals surface area contributed by atoms with Gasteiger partial charge in [0.15, 0.2) is 6.61 Å². The summed E-state index contributed by atoms with van der Waals surface area (Å²) >= 11 is 0. The highest BCUT2D eigenvalue weighted by Gasteiger charge is 2.16. The molecule has 0 heterocycles. The number of carbonyl (C=O) groups excluding carboxylic acids is 2. The third kappa shape index (κ3) is 4.79. The minimum Gasteiger partial charge on any atom is -0.494 e. The largest absolute Gasteiger partial charge is 0.494 e. The van der Waals surface area contributed by atoms with E-state index in [9.17, 15) is 19.7 Å². The lowest BCUT2D eigenvalue weighted by Gasteiger charge is -2.09. The standard InChI is InChI=1S/C18H18N2O6/c1-3-25-14-9-7-13(8-10-14)18(22)26-11-17(21)19-15-5-4-6-16(12(15)2)20(23)24/h4-10H,3,11H2,1-2H3,(H,19,21). The molecule has 0 spiro atoms. The lowest BCUT2D eigenvalue weighted by molar-refractivity contribution is -0.385. The van der Waals surface area contributed by atoms with E-state index in [1.165, 1.54) is 37.3 Å². The van der Waals surface area contributed by atoms with Crippen molar-refractivity contribution in [1.82, 2.24) is 0 Å². The van der Waals surface area contributed by atoms with Gasteiger partial charge in [0.05, 0.1) is 28.3 Å². The maximum Gasteiger partial charge on any atom is 0.338 e. The van der Waals surface area contributed by atoms with Crippen molar-refractivity contribution in [3.63, 3.8) is 0 Å². The number of nitrogens with zero attached hydrogens (tertiary/aromatic N) is 1. The zero-order valence-electron chi connectivity index (χ0n) is 14.4. The molecule has 0 atom stereocenters. The molecule has 2 aromatic carbocycles. The van der Waals surface area contributed by atoms with Crippen molar-refractivity contribution in [2.75, 3.05) is 18.5 Å². The number of nitro groups is 1. The average molecular weight is 358 g/mol. The fraction of sp³-hybridized carbons (Fsp3) is 0.222. The van der Waals surface area contributed by atoms with Gasteiger partial charge >= 0.3 is 5.97 Å². The van der Waals surface area contributed by atoms with Crippen molar-refractivity contribution in [3.8, 4) is 5.75 Å². The second-order valence-corrected chi connectivity index (χ2v) is 5.29. The predicted octanol–water partition coefficient (Wildman–Crippen LogP) is 3.10. The van der Waals surface area contributed by atoms with Crippen LogP contribution in [0.1, 0.15) is 22.8 Å². The van der Waals surface area contributed by atoms with Crippen LogP contribution in [0.15, 0.2) is 42.5 Å². The van der Waals surface area contributed by atoms with E-state index in [4.69, 9.17) is 9.47 Å². The van der Waals surface area contributed by atoms with E-state index >= 15 is 0 Å². The molecule has 0 saturated carbocycles. The van der Waals surface area contributed by atoms with Gasteiger partial charge in [0.25, 0.3) is 11.6 Å². The van der Waals surface area contributed by atoms with Crippen LogP contribution in [0, 0.1) is 17.0 Å². The molecule has 2 rings (SSSR count). The SMILES string of the molecule is CCOc1ccc(C(=O)OCC(=O)Nc2cccc([N+](=O)[O-])c2C)cc1. The van der Waals surface area contributed by atoms with Crippen LogP contribution in [0.3, 0.4) is 0 Å². The topological polar surface area (TPSA) is 108 Å². The first-order valence-corrected chi connectivity index (χ1v) is 7.86. The summed E-state index contributed by atoms with van der Waals surface area (Å²) < 4.78 is 10.2. The van der Waals surface area contributed by atoms with Crippen LogP contribution in [0.5, 0.6) is 5.75 Å². The van der Waals surface area contributed by atoms with Gasteiger partial charge in [-0.25, -0.2) is 4.79 Å². The summed E-state index contributed by atoms with van der Waals surface area (Å²) in [6, 6.07) is 10.7. The van der Waals surface area contributed by atoms with Gasteiger partial charge in [-0.1, -0.05) is 6.07 Å². The summed E-state index contributed by atoms with van der Waals surface area (Å²) in [6.07, 6.45) is 0. The van der Waals surface area contributed by atoms with Crippen molar-refractivity contribution >= 4 is 23.3 Å². The van der Waals surface area contributed by atoms with Crippen LogP contribution in [0.4, 0.5) is 11.4 Å². The third-order valence-corrected chi connectivity index (χ3v) is 3.51. The monoisotopic (exact) mass is 358 g/mol. The summed E-state index contributed by atoms with van der Waals surface area (Å²) in [5.41, 5.74) is 0.798. The van der Waals surface area contributed by atoms with Crippen molar-refractivity contribution < 1.29 is 24.0 Å². The number of amides is 1. The fourth-order valence-corrected chi connectivity index (χ4v) is 2.21. The van der Waals surface area contributed by atoms with Crippen LogP contribution in [-0.4, -0.2) is 30.0 Å². The van der Waals surface area contributed by atoms with Crippen molar-refractivity contribution in [3.05, 3.63) is 63.7 Å². The molecule has 0 unspecified atom stereocenters. The summed E-state index contributed by atoms with van der Waals surface area (Å²) in [4.78, 5) is 34.3. The van der Waals surface area contributed by atoms with Gasteiger partial charge in [0.1, 0.15) is 5.75 Å². The second kappa shape index (κ2) is 8.61. The minimum atomic E-state index is -0.654. The summed E-state index contributed by atoms with van der Waals surface area (Å²) in [7, 11) is 0. The van der Waals surface area contributed by atoms with E-state index in [0.717, 1.165) is 0 Å². The van der Waals surface area contributed by atoms with Crippen LogP contribution in [-0.2, 0) is 9.53 Å². The van der Waals surface area contributed by atoms with Crippen LogP contribution >= 0.6 is 0 Å². The summed E-state index contributed by atoms with van der Waals surface area (Å²) in [5.74, 6) is -0.616. The predicted molar refractivity (Wildman–Crippen MR) is 94.4 cm³/mol. The van der Waals surface area contributed by atoms with E-state index in [-0.39, 0.29) is 11.3 Å². The van der Waals surface area contributed by atoms with Gasteiger partial charge in [0.2, 0.25) is 0 Å². The Morgan fingerprint density at radius 1 is 1.15 bits per heavy atom. The Balaban J connectivity index is 1.93. The number of hydrogen-bond donors (Lipinski definition) is 1. The molecule has 1 amide bonds.